The SMILES string of the molecule is CC(C)(C)C(=O)N1CCN(C(=O)/C=C/c2ccc(F)cc2)C1=O. The molecule has 4 amide bonds. The fourth-order valence-electron chi connectivity index (χ4n) is 2.17. The molecule has 1 aromatic rings. The molecule has 5 nitrogen and oxygen atoms in total. The Hall–Kier alpha value is -2.50. The Morgan fingerprint density at radius 2 is 1.65 bits per heavy atom. The minimum absolute atomic E-state index is 0.174. The van der Waals surface area contributed by atoms with Gasteiger partial charge >= 0.3 is 6.03 Å². The van der Waals surface area contributed by atoms with Crippen molar-refractivity contribution >= 4 is 23.9 Å². The van der Waals surface area contributed by atoms with E-state index in [-0.39, 0.29) is 24.8 Å². The Morgan fingerprint density at radius 3 is 2.22 bits per heavy atom. The Bertz CT molecular complexity index is 659. The third kappa shape index (κ3) is 3.83. The van der Waals surface area contributed by atoms with Crippen molar-refractivity contribution in [2.45, 2.75) is 20.8 Å². The minimum atomic E-state index is -0.682. The summed E-state index contributed by atoms with van der Waals surface area (Å²) in [6.07, 6.45) is 2.75. The maximum atomic E-state index is 12.8. The Balaban J connectivity index is 2.05. The Labute approximate surface area is 134 Å². The van der Waals surface area contributed by atoms with Gasteiger partial charge in [0.2, 0.25) is 5.91 Å². The fourth-order valence-corrected chi connectivity index (χ4v) is 2.17. The number of hydrogen-bond acceptors (Lipinski definition) is 3. The molecular formula is C17H19FN2O3. The zero-order valence-corrected chi connectivity index (χ0v) is 13.4. The highest BCUT2D eigenvalue weighted by Crippen LogP contribution is 2.21. The van der Waals surface area contributed by atoms with Gasteiger partial charge in [-0.15, -0.1) is 0 Å². The van der Waals surface area contributed by atoms with Crippen molar-refractivity contribution in [2.75, 3.05) is 13.1 Å². The molecule has 0 spiro atoms. The average molecular weight is 318 g/mol. The lowest BCUT2D eigenvalue weighted by Gasteiger charge is -2.23. The number of benzene rings is 1. The lowest BCUT2D eigenvalue weighted by molar-refractivity contribution is -0.135. The van der Waals surface area contributed by atoms with Gasteiger partial charge < -0.3 is 0 Å². The molecule has 1 aliphatic rings. The van der Waals surface area contributed by atoms with Crippen LogP contribution in [0.15, 0.2) is 30.3 Å². The highest BCUT2D eigenvalue weighted by Gasteiger charge is 2.39. The van der Waals surface area contributed by atoms with E-state index in [1.807, 2.05) is 0 Å². The maximum absolute atomic E-state index is 12.8. The molecule has 23 heavy (non-hydrogen) atoms. The van der Waals surface area contributed by atoms with Crippen LogP contribution >= 0.6 is 0 Å². The summed E-state index contributed by atoms with van der Waals surface area (Å²) in [6.45, 7) is 5.54. The van der Waals surface area contributed by atoms with Crippen LogP contribution in [0, 0.1) is 11.2 Å². The lowest BCUT2D eigenvalue weighted by Crippen LogP contribution is -2.43. The molecule has 0 atom stereocenters. The van der Waals surface area contributed by atoms with Gasteiger partial charge in [-0.05, 0) is 23.8 Å². The van der Waals surface area contributed by atoms with Crippen molar-refractivity contribution in [3.8, 4) is 0 Å². The van der Waals surface area contributed by atoms with E-state index in [2.05, 4.69) is 0 Å². The molecule has 0 aliphatic carbocycles. The Morgan fingerprint density at radius 1 is 1.09 bits per heavy atom. The number of hydrogen-bond donors (Lipinski definition) is 0. The van der Waals surface area contributed by atoms with Crippen LogP contribution in [0.4, 0.5) is 9.18 Å². The third-order valence-electron chi connectivity index (χ3n) is 3.45. The van der Waals surface area contributed by atoms with Crippen molar-refractivity contribution in [2.24, 2.45) is 5.41 Å². The average Bonchev–Trinajstić information content (AvgIpc) is 2.86. The second-order valence-corrected chi connectivity index (χ2v) is 6.36. The first kappa shape index (κ1) is 16.9. The predicted molar refractivity (Wildman–Crippen MR) is 83.7 cm³/mol. The van der Waals surface area contributed by atoms with Gasteiger partial charge in [-0.25, -0.2) is 9.18 Å². The van der Waals surface area contributed by atoms with Crippen LogP contribution < -0.4 is 0 Å². The van der Waals surface area contributed by atoms with Crippen molar-refractivity contribution in [1.82, 2.24) is 9.80 Å². The molecule has 0 saturated carbocycles. The zero-order chi connectivity index (χ0) is 17.2. The van der Waals surface area contributed by atoms with Crippen molar-refractivity contribution in [3.05, 3.63) is 41.7 Å². The van der Waals surface area contributed by atoms with E-state index in [0.29, 0.717) is 5.56 Å². The van der Waals surface area contributed by atoms with Gasteiger partial charge in [0.1, 0.15) is 5.82 Å². The van der Waals surface area contributed by atoms with Crippen molar-refractivity contribution < 1.29 is 18.8 Å². The first-order valence-corrected chi connectivity index (χ1v) is 7.31. The highest BCUT2D eigenvalue weighted by atomic mass is 19.1. The predicted octanol–water partition coefficient (Wildman–Crippen LogP) is 2.68. The van der Waals surface area contributed by atoms with Crippen LogP contribution in [0.2, 0.25) is 0 Å². The summed E-state index contributed by atoms with van der Waals surface area (Å²) < 4.78 is 12.8. The molecular weight excluding hydrogens is 299 g/mol. The molecule has 2 rings (SSSR count). The van der Waals surface area contributed by atoms with E-state index in [0.717, 1.165) is 9.80 Å². The van der Waals surface area contributed by atoms with E-state index < -0.39 is 17.4 Å². The molecule has 0 N–H and O–H groups in total. The van der Waals surface area contributed by atoms with E-state index in [1.165, 1.54) is 36.4 Å². The molecule has 0 bridgehead atoms. The van der Waals surface area contributed by atoms with E-state index in [4.69, 9.17) is 0 Å². The normalized spacial score (nSPS) is 15.6. The van der Waals surface area contributed by atoms with Gasteiger partial charge in [-0.3, -0.25) is 19.4 Å². The van der Waals surface area contributed by atoms with E-state index >= 15 is 0 Å². The maximum Gasteiger partial charge on any atom is 0.333 e. The molecule has 1 saturated heterocycles. The van der Waals surface area contributed by atoms with E-state index in [1.54, 1.807) is 20.8 Å². The van der Waals surface area contributed by atoms with Crippen LogP contribution in [-0.4, -0.2) is 40.7 Å². The molecule has 6 heteroatoms. The first-order chi connectivity index (χ1) is 10.7. The van der Waals surface area contributed by atoms with Gasteiger partial charge in [-0.1, -0.05) is 32.9 Å². The largest absolute Gasteiger partial charge is 0.333 e. The number of halogens is 1. The van der Waals surface area contributed by atoms with Crippen LogP contribution in [0.5, 0.6) is 0 Å². The standard InChI is InChI=1S/C17H19FN2O3/c1-17(2,3)15(22)20-11-10-19(16(20)23)14(21)9-6-12-4-7-13(18)8-5-12/h4-9H,10-11H2,1-3H3/b9-6+. The van der Waals surface area contributed by atoms with Crippen LogP contribution in [0.25, 0.3) is 6.08 Å². The molecule has 0 unspecified atom stereocenters. The third-order valence-corrected chi connectivity index (χ3v) is 3.45. The number of carbonyl (C=O) groups is 3. The molecule has 0 radical (unpaired) electrons. The lowest BCUT2D eigenvalue weighted by atomic mass is 9.95. The first-order valence-electron chi connectivity index (χ1n) is 7.31. The summed E-state index contributed by atoms with van der Waals surface area (Å²) >= 11 is 0. The second-order valence-electron chi connectivity index (χ2n) is 6.36. The summed E-state index contributed by atoms with van der Waals surface area (Å²) in [4.78, 5) is 38.6. The van der Waals surface area contributed by atoms with E-state index in [9.17, 15) is 18.8 Å². The molecule has 1 fully saturated rings. The van der Waals surface area contributed by atoms with Crippen molar-refractivity contribution in [3.63, 3.8) is 0 Å². The van der Waals surface area contributed by atoms with Gasteiger partial charge in [0.15, 0.2) is 0 Å². The number of urea groups is 1. The molecule has 1 aromatic carbocycles. The topological polar surface area (TPSA) is 57.7 Å². The fraction of sp³-hybridized carbons (Fsp3) is 0.353. The summed E-state index contributed by atoms with van der Waals surface area (Å²) in [6, 6.07) is 5.03. The van der Waals surface area contributed by atoms with Crippen LogP contribution in [-0.2, 0) is 9.59 Å². The highest BCUT2D eigenvalue weighted by molar-refractivity contribution is 6.08. The minimum Gasteiger partial charge on any atom is -0.274 e. The smallest absolute Gasteiger partial charge is 0.274 e. The van der Waals surface area contributed by atoms with Gasteiger partial charge in [-0.2, -0.15) is 0 Å². The molecule has 1 aliphatic heterocycles. The summed E-state index contributed by atoms with van der Waals surface area (Å²) in [5.74, 6) is -1.16. The number of amides is 4. The number of carbonyl (C=O) groups excluding carboxylic acids is 3. The summed E-state index contributed by atoms with van der Waals surface area (Å²) in [5.41, 5.74) is -0.0346. The molecule has 1 heterocycles. The Kier molecular flexibility index (Phi) is 4.63. The van der Waals surface area contributed by atoms with Gasteiger partial charge in [0.25, 0.3) is 5.91 Å². The number of rotatable bonds is 2. The van der Waals surface area contributed by atoms with Gasteiger partial charge in [0.05, 0.1) is 0 Å². The number of imide groups is 2. The molecule has 0 aromatic heterocycles. The molecule has 122 valence electrons. The van der Waals surface area contributed by atoms with Crippen LogP contribution in [0.1, 0.15) is 26.3 Å². The number of nitrogens with zero attached hydrogens (tertiary/aromatic N) is 2. The summed E-state index contributed by atoms with van der Waals surface area (Å²) in [7, 11) is 0. The monoisotopic (exact) mass is 318 g/mol. The van der Waals surface area contributed by atoms with Gasteiger partial charge in [0, 0.05) is 24.6 Å². The second kappa shape index (κ2) is 6.32. The van der Waals surface area contributed by atoms with Crippen LogP contribution in [0.3, 0.4) is 0 Å². The summed E-state index contributed by atoms with van der Waals surface area (Å²) in [5, 5.41) is 0. The quantitative estimate of drug-likeness (QED) is 0.788. The zero-order valence-electron chi connectivity index (χ0n) is 13.4. The van der Waals surface area contributed by atoms with Crippen molar-refractivity contribution in [1.29, 1.82) is 0 Å².